The van der Waals surface area contributed by atoms with Crippen LogP contribution in [0.5, 0.6) is 0 Å². The van der Waals surface area contributed by atoms with E-state index in [0.29, 0.717) is 0 Å². The van der Waals surface area contributed by atoms with Crippen LogP contribution in [0.25, 0.3) is 0 Å². The van der Waals surface area contributed by atoms with E-state index in [4.69, 9.17) is 5.73 Å². The van der Waals surface area contributed by atoms with Gasteiger partial charge in [0.15, 0.2) is 0 Å². The molecule has 88 valence electrons. The second-order valence-electron chi connectivity index (χ2n) is 5.27. The van der Waals surface area contributed by atoms with Crippen molar-refractivity contribution >= 4 is 0 Å². The van der Waals surface area contributed by atoms with Gasteiger partial charge in [-0.2, -0.15) is 0 Å². The Morgan fingerprint density at radius 2 is 1.75 bits per heavy atom. The molecule has 1 aliphatic heterocycles. The van der Waals surface area contributed by atoms with Crippen molar-refractivity contribution in [1.29, 1.82) is 0 Å². The third-order valence-corrected chi connectivity index (χ3v) is 3.46. The van der Waals surface area contributed by atoms with Crippen LogP contribution in [0.1, 0.15) is 30.9 Å². The largest absolute Gasteiger partial charge is 0.321 e. The second-order valence-corrected chi connectivity index (χ2v) is 5.27. The van der Waals surface area contributed by atoms with Crippen molar-refractivity contribution in [2.45, 2.75) is 32.2 Å². The minimum absolute atomic E-state index is 0.224. The molecule has 0 spiro atoms. The highest BCUT2D eigenvalue weighted by Gasteiger charge is 2.25. The molecule has 2 N–H and O–H groups in total. The fraction of sp³-hybridized carbons (Fsp3) is 0.571. The summed E-state index contributed by atoms with van der Waals surface area (Å²) in [5, 5.41) is 0. The number of benzene rings is 1. The van der Waals surface area contributed by atoms with Crippen LogP contribution in [-0.4, -0.2) is 24.5 Å². The van der Waals surface area contributed by atoms with Crippen molar-refractivity contribution in [1.82, 2.24) is 4.90 Å². The topological polar surface area (TPSA) is 29.3 Å². The molecule has 2 rings (SSSR count). The highest BCUT2D eigenvalue weighted by molar-refractivity contribution is 5.27. The first-order valence-corrected chi connectivity index (χ1v) is 6.16. The summed E-state index contributed by atoms with van der Waals surface area (Å²) in [7, 11) is 0. The molecule has 1 aromatic rings. The molecular weight excluding hydrogens is 196 g/mol. The maximum Gasteiger partial charge on any atom is 0.0509 e. The van der Waals surface area contributed by atoms with E-state index in [1.54, 1.807) is 0 Å². The number of hydrogen-bond donors (Lipinski definition) is 1. The van der Waals surface area contributed by atoms with E-state index in [9.17, 15) is 0 Å². The van der Waals surface area contributed by atoms with E-state index in [-0.39, 0.29) is 5.54 Å². The maximum absolute atomic E-state index is 6.43. The average molecular weight is 218 g/mol. The zero-order valence-corrected chi connectivity index (χ0v) is 10.4. The van der Waals surface area contributed by atoms with Crippen LogP contribution in [-0.2, 0) is 5.54 Å². The van der Waals surface area contributed by atoms with Crippen molar-refractivity contribution in [3.8, 4) is 0 Å². The first-order chi connectivity index (χ1) is 7.58. The van der Waals surface area contributed by atoms with Crippen molar-refractivity contribution in [2.24, 2.45) is 5.73 Å². The molecule has 1 fully saturated rings. The number of likely N-dealkylation sites (tertiary alicyclic amines) is 1. The molecule has 1 saturated heterocycles. The lowest BCUT2D eigenvalue weighted by Gasteiger charge is -2.30. The molecule has 0 radical (unpaired) electrons. The smallest absolute Gasteiger partial charge is 0.0509 e. The highest BCUT2D eigenvalue weighted by Crippen LogP contribution is 2.21. The molecule has 2 heteroatoms. The molecule has 0 aromatic heterocycles. The Bertz CT molecular complexity index is 334. The zero-order chi connectivity index (χ0) is 11.6. The van der Waals surface area contributed by atoms with Gasteiger partial charge < -0.3 is 10.6 Å². The van der Waals surface area contributed by atoms with Gasteiger partial charge >= 0.3 is 0 Å². The third-order valence-electron chi connectivity index (χ3n) is 3.46. The van der Waals surface area contributed by atoms with E-state index in [0.717, 1.165) is 6.54 Å². The molecule has 0 unspecified atom stereocenters. The fourth-order valence-electron chi connectivity index (χ4n) is 2.43. The summed E-state index contributed by atoms with van der Waals surface area (Å²) in [6.45, 7) is 7.63. The summed E-state index contributed by atoms with van der Waals surface area (Å²) in [5.41, 5.74) is 8.74. The normalized spacial score (nSPS) is 20.9. The summed E-state index contributed by atoms with van der Waals surface area (Å²) < 4.78 is 0. The third kappa shape index (κ3) is 2.63. The molecule has 16 heavy (non-hydrogen) atoms. The molecule has 2 nitrogen and oxygen atoms in total. The number of nitrogens with zero attached hydrogens (tertiary/aromatic N) is 1. The summed E-state index contributed by atoms with van der Waals surface area (Å²) >= 11 is 0. The molecule has 1 aliphatic rings. The molecule has 0 saturated carbocycles. The molecule has 0 amide bonds. The van der Waals surface area contributed by atoms with Gasteiger partial charge in [0.25, 0.3) is 0 Å². The number of hydrogen-bond acceptors (Lipinski definition) is 2. The van der Waals surface area contributed by atoms with E-state index in [1.807, 2.05) is 0 Å². The SMILES string of the molecule is Cc1ccc([C@](C)(N)CN2CCCC2)cc1. The molecular formula is C14H22N2. The molecule has 1 aromatic carbocycles. The number of rotatable bonds is 3. The Kier molecular flexibility index (Phi) is 3.31. The highest BCUT2D eigenvalue weighted by atomic mass is 15.2. The summed E-state index contributed by atoms with van der Waals surface area (Å²) in [4.78, 5) is 2.47. The lowest BCUT2D eigenvalue weighted by atomic mass is 9.92. The zero-order valence-electron chi connectivity index (χ0n) is 10.4. The Morgan fingerprint density at radius 3 is 2.31 bits per heavy atom. The first-order valence-electron chi connectivity index (χ1n) is 6.16. The molecule has 1 heterocycles. The van der Waals surface area contributed by atoms with Gasteiger partial charge in [-0.1, -0.05) is 29.8 Å². The predicted octanol–water partition coefficient (Wildman–Crippen LogP) is 2.26. The lowest BCUT2D eigenvalue weighted by Crippen LogP contribution is -2.44. The Labute approximate surface area is 98.4 Å². The second kappa shape index (κ2) is 4.56. The van der Waals surface area contributed by atoms with E-state index in [2.05, 4.69) is 43.0 Å². The maximum atomic E-state index is 6.43. The van der Waals surface area contributed by atoms with Crippen molar-refractivity contribution < 1.29 is 0 Å². The van der Waals surface area contributed by atoms with Crippen LogP contribution in [0.3, 0.4) is 0 Å². The van der Waals surface area contributed by atoms with Crippen LogP contribution in [0.2, 0.25) is 0 Å². The van der Waals surface area contributed by atoms with E-state index < -0.39 is 0 Å². The van der Waals surface area contributed by atoms with Crippen LogP contribution in [0.4, 0.5) is 0 Å². The molecule has 0 aliphatic carbocycles. The van der Waals surface area contributed by atoms with Crippen molar-refractivity contribution in [2.75, 3.05) is 19.6 Å². The van der Waals surface area contributed by atoms with Crippen LogP contribution in [0.15, 0.2) is 24.3 Å². The average Bonchev–Trinajstić information content (AvgIpc) is 2.70. The van der Waals surface area contributed by atoms with Gasteiger partial charge in [-0.25, -0.2) is 0 Å². The predicted molar refractivity (Wildman–Crippen MR) is 68.4 cm³/mol. The molecule has 0 bridgehead atoms. The van der Waals surface area contributed by atoms with Crippen molar-refractivity contribution in [3.05, 3.63) is 35.4 Å². The fourth-order valence-corrected chi connectivity index (χ4v) is 2.43. The Hall–Kier alpha value is -0.860. The first kappa shape index (κ1) is 11.6. The van der Waals surface area contributed by atoms with Crippen molar-refractivity contribution in [3.63, 3.8) is 0 Å². The van der Waals surface area contributed by atoms with E-state index >= 15 is 0 Å². The standard InChI is InChI=1S/C14H22N2/c1-12-5-7-13(8-6-12)14(2,15)11-16-9-3-4-10-16/h5-8H,3-4,9-11,15H2,1-2H3/t14-/m1/s1. The quantitative estimate of drug-likeness (QED) is 0.843. The van der Waals surface area contributed by atoms with Gasteiger partial charge in [0.05, 0.1) is 5.54 Å². The van der Waals surface area contributed by atoms with Crippen LogP contribution in [0, 0.1) is 6.92 Å². The van der Waals surface area contributed by atoms with Gasteiger partial charge in [-0.15, -0.1) is 0 Å². The monoisotopic (exact) mass is 218 g/mol. The van der Waals surface area contributed by atoms with Gasteiger partial charge in [-0.3, -0.25) is 0 Å². The van der Waals surface area contributed by atoms with Crippen LogP contribution < -0.4 is 5.73 Å². The van der Waals surface area contributed by atoms with Gasteiger partial charge in [0.1, 0.15) is 0 Å². The molecule has 1 atom stereocenters. The van der Waals surface area contributed by atoms with Crippen LogP contribution >= 0.6 is 0 Å². The van der Waals surface area contributed by atoms with Gasteiger partial charge in [0, 0.05) is 6.54 Å². The summed E-state index contributed by atoms with van der Waals surface area (Å²) in [6.07, 6.45) is 2.65. The minimum Gasteiger partial charge on any atom is -0.321 e. The summed E-state index contributed by atoms with van der Waals surface area (Å²) in [5.74, 6) is 0. The number of aryl methyl sites for hydroxylation is 1. The lowest BCUT2D eigenvalue weighted by molar-refractivity contribution is 0.261. The summed E-state index contributed by atoms with van der Waals surface area (Å²) in [6, 6.07) is 8.60. The number of nitrogens with two attached hydrogens (primary N) is 1. The van der Waals surface area contributed by atoms with E-state index in [1.165, 1.54) is 37.1 Å². The van der Waals surface area contributed by atoms with Gasteiger partial charge in [-0.05, 0) is 45.3 Å². The van der Waals surface area contributed by atoms with Gasteiger partial charge in [0.2, 0.25) is 0 Å². The Balaban J connectivity index is 2.07. The Morgan fingerprint density at radius 1 is 1.19 bits per heavy atom. The minimum atomic E-state index is -0.224.